The lowest BCUT2D eigenvalue weighted by Crippen LogP contribution is -2.39. The highest BCUT2D eigenvalue weighted by molar-refractivity contribution is 6.04. The predicted molar refractivity (Wildman–Crippen MR) is 62.5 cm³/mol. The summed E-state index contributed by atoms with van der Waals surface area (Å²) < 4.78 is 1.64. The number of aliphatic hydroxyl groups is 1. The molecule has 0 saturated carbocycles. The SMILES string of the molecule is CN(CCO)CC(=O)NC(=O)c1cccn1C. The van der Waals surface area contributed by atoms with E-state index in [1.165, 1.54) is 0 Å². The lowest BCUT2D eigenvalue weighted by molar-refractivity contribution is -0.121. The van der Waals surface area contributed by atoms with Crippen molar-refractivity contribution in [2.75, 3.05) is 26.7 Å². The Balaban J connectivity index is 2.47. The number of carbonyl (C=O) groups is 2. The fraction of sp³-hybridized carbons (Fsp3) is 0.455. The summed E-state index contributed by atoms with van der Waals surface area (Å²) in [5.74, 6) is -0.799. The fourth-order valence-corrected chi connectivity index (χ4v) is 1.42. The van der Waals surface area contributed by atoms with Gasteiger partial charge in [0.1, 0.15) is 5.69 Å². The fourth-order valence-electron chi connectivity index (χ4n) is 1.42. The molecule has 0 fully saturated rings. The van der Waals surface area contributed by atoms with E-state index in [0.717, 1.165) is 0 Å². The highest BCUT2D eigenvalue weighted by Gasteiger charge is 2.13. The number of nitrogens with one attached hydrogen (secondary N) is 1. The number of nitrogens with zero attached hydrogens (tertiary/aromatic N) is 2. The minimum absolute atomic E-state index is 0.0183. The number of hydrogen-bond donors (Lipinski definition) is 2. The van der Waals surface area contributed by atoms with Crippen molar-refractivity contribution in [3.63, 3.8) is 0 Å². The normalized spacial score (nSPS) is 10.6. The molecule has 0 spiro atoms. The number of aromatic nitrogens is 1. The van der Waals surface area contributed by atoms with E-state index >= 15 is 0 Å². The maximum Gasteiger partial charge on any atom is 0.274 e. The van der Waals surface area contributed by atoms with Gasteiger partial charge in [-0.1, -0.05) is 0 Å². The number of imide groups is 1. The first kappa shape index (κ1) is 13.4. The Labute approximate surface area is 99.8 Å². The Morgan fingerprint density at radius 2 is 2.24 bits per heavy atom. The van der Waals surface area contributed by atoms with E-state index in [4.69, 9.17) is 5.11 Å². The molecule has 0 saturated heterocycles. The van der Waals surface area contributed by atoms with Gasteiger partial charge in [-0.2, -0.15) is 0 Å². The number of amides is 2. The molecular weight excluding hydrogens is 222 g/mol. The minimum atomic E-state index is -0.417. The Morgan fingerprint density at radius 1 is 1.53 bits per heavy atom. The predicted octanol–water partition coefficient (Wildman–Crippen LogP) is -0.794. The van der Waals surface area contributed by atoms with Crippen molar-refractivity contribution in [1.82, 2.24) is 14.8 Å². The number of rotatable bonds is 5. The standard InChI is InChI=1S/C11H17N3O3/c1-13(6-7-15)8-10(16)12-11(17)9-4-3-5-14(9)2/h3-5,15H,6-8H2,1-2H3,(H,12,16,17). The van der Waals surface area contributed by atoms with E-state index in [-0.39, 0.29) is 19.1 Å². The summed E-state index contributed by atoms with van der Waals surface area (Å²) in [5, 5.41) is 11.0. The monoisotopic (exact) mass is 239 g/mol. The molecule has 1 rings (SSSR count). The van der Waals surface area contributed by atoms with Gasteiger partial charge in [0, 0.05) is 19.8 Å². The van der Waals surface area contributed by atoms with Crippen molar-refractivity contribution < 1.29 is 14.7 Å². The van der Waals surface area contributed by atoms with Gasteiger partial charge in [0.15, 0.2) is 0 Å². The third kappa shape index (κ3) is 4.01. The highest BCUT2D eigenvalue weighted by atomic mass is 16.3. The van der Waals surface area contributed by atoms with Gasteiger partial charge in [0.25, 0.3) is 5.91 Å². The Bertz CT molecular complexity index is 400. The highest BCUT2D eigenvalue weighted by Crippen LogP contribution is 1.98. The summed E-state index contributed by atoms with van der Waals surface area (Å²) >= 11 is 0. The van der Waals surface area contributed by atoms with Crippen LogP contribution in [0.25, 0.3) is 0 Å². The van der Waals surface area contributed by atoms with Gasteiger partial charge in [-0.25, -0.2) is 0 Å². The topological polar surface area (TPSA) is 74.6 Å². The van der Waals surface area contributed by atoms with Crippen LogP contribution < -0.4 is 5.32 Å². The van der Waals surface area contributed by atoms with Gasteiger partial charge in [-0.3, -0.25) is 19.8 Å². The smallest absolute Gasteiger partial charge is 0.274 e. The van der Waals surface area contributed by atoms with Crippen LogP contribution >= 0.6 is 0 Å². The quantitative estimate of drug-likeness (QED) is 0.706. The maximum atomic E-state index is 11.7. The molecule has 2 N–H and O–H groups in total. The summed E-state index contributed by atoms with van der Waals surface area (Å²) in [6.45, 7) is 0.456. The van der Waals surface area contributed by atoms with Gasteiger partial charge in [0.05, 0.1) is 13.2 Å². The first-order valence-corrected chi connectivity index (χ1v) is 5.29. The molecule has 17 heavy (non-hydrogen) atoms. The van der Waals surface area contributed by atoms with E-state index in [9.17, 15) is 9.59 Å². The second-order valence-electron chi connectivity index (χ2n) is 3.84. The van der Waals surface area contributed by atoms with Crippen molar-refractivity contribution in [1.29, 1.82) is 0 Å². The molecule has 0 aliphatic carbocycles. The first-order valence-electron chi connectivity index (χ1n) is 5.29. The average molecular weight is 239 g/mol. The molecular formula is C11H17N3O3. The molecule has 1 aromatic rings. The van der Waals surface area contributed by atoms with Gasteiger partial charge >= 0.3 is 0 Å². The molecule has 6 nitrogen and oxygen atoms in total. The van der Waals surface area contributed by atoms with Crippen molar-refractivity contribution in [2.45, 2.75) is 0 Å². The zero-order valence-corrected chi connectivity index (χ0v) is 10.0. The summed E-state index contributed by atoms with van der Waals surface area (Å²) in [5.41, 5.74) is 0.433. The maximum absolute atomic E-state index is 11.7. The van der Waals surface area contributed by atoms with Gasteiger partial charge in [0.2, 0.25) is 5.91 Å². The zero-order chi connectivity index (χ0) is 12.8. The largest absolute Gasteiger partial charge is 0.395 e. The molecule has 0 aromatic carbocycles. The summed E-state index contributed by atoms with van der Waals surface area (Å²) in [4.78, 5) is 24.8. The Hall–Kier alpha value is -1.66. The third-order valence-corrected chi connectivity index (χ3v) is 2.32. The van der Waals surface area contributed by atoms with Crippen molar-refractivity contribution in [2.24, 2.45) is 7.05 Å². The van der Waals surface area contributed by atoms with E-state index in [1.54, 1.807) is 41.9 Å². The van der Waals surface area contributed by atoms with Crippen LogP contribution in [0.2, 0.25) is 0 Å². The molecule has 1 aromatic heterocycles. The van der Waals surface area contributed by atoms with E-state index < -0.39 is 5.91 Å². The van der Waals surface area contributed by atoms with Crippen LogP contribution in [0.4, 0.5) is 0 Å². The molecule has 0 aliphatic heterocycles. The number of likely N-dealkylation sites (N-methyl/N-ethyl adjacent to an activating group) is 1. The van der Waals surface area contributed by atoms with Crippen LogP contribution in [-0.2, 0) is 11.8 Å². The van der Waals surface area contributed by atoms with Crippen LogP contribution in [0.1, 0.15) is 10.5 Å². The average Bonchev–Trinajstić information content (AvgIpc) is 2.64. The molecule has 94 valence electrons. The third-order valence-electron chi connectivity index (χ3n) is 2.32. The van der Waals surface area contributed by atoms with E-state index in [1.807, 2.05) is 0 Å². The molecule has 0 atom stereocenters. The van der Waals surface area contributed by atoms with Crippen molar-refractivity contribution >= 4 is 11.8 Å². The zero-order valence-electron chi connectivity index (χ0n) is 10.0. The molecule has 1 heterocycles. The van der Waals surface area contributed by atoms with Crippen LogP contribution in [0, 0.1) is 0 Å². The number of hydrogen-bond acceptors (Lipinski definition) is 4. The second-order valence-corrected chi connectivity index (χ2v) is 3.84. The summed E-state index contributed by atoms with van der Waals surface area (Å²) in [7, 11) is 3.43. The lowest BCUT2D eigenvalue weighted by Gasteiger charge is -2.14. The first-order chi connectivity index (χ1) is 8.04. The molecule has 0 bridgehead atoms. The van der Waals surface area contributed by atoms with Gasteiger partial charge in [-0.05, 0) is 19.2 Å². The molecule has 6 heteroatoms. The number of aryl methyl sites for hydroxylation is 1. The van der Waals surface area contributed by atoms with Crippen molar-refractivity contribution in [3.05, 3.63) is 24.0 Å². The Morgan fingerprint density at radius 3 is 2.76 bits per heavy atom. The molecule has 0 radical (unpaired) electrons. The molecule has 0 unspecified atom stereocenters. The molecule has 0 aliphatic rings. The van der Waals surface area contributed by atoms with Gasteiger partial charge < -0.3 is 9.67 Å². The van der Waals surface area contributed by atoms with Crippen LogP contribution in [-0.4, -0.2) is 53.1 Å². The Kier molecular flexibility index (Phi) is 4.86. The van der Waals surface area contributed by atoms with Crippen molar-refractivity contribution in [3.8, 4) is 0 Å². The minimum Gasteiger partial charge on any atom is -0.395 e. The number of aliphatic hydroxyl groups excluding tert-OH is 1. The molecule has 2 amide bonds. The van der Waals surface area contributed by atoms with Crippen LogP contribution in [0.5, 0.6) is 0 Å². The van der Waals surface area contributed by atoms with Crippen LogP contribution in [0.3, 0.4) is 0 Å². The summed E-state index contributed by atoms with van der Waals surface area (Å²) in [6, 6.07) is 3.37. The van der Waals surface area contributed by atoms with Crippen LogP contribution in [0.15, 0.2) is 18.3 Å². The number of carbonyl (C=O) groups excluding carboxylic acids is 2. The van der Waals surface area contributed by atoms with Gasteiger partial charge in [-0.15, -0.1) is 0 Å². The summed E-state index contributed by atoms with van der Waals surface area (Å²) in [6.07, 6.45) is 1.73. The van der Waals surface area contributed by atoms with E-state index in [0.29, 0.717) is 12.2 Å². The second kappa shape index (κ2) is 6.17. The lowest BCUT2D eigenvalue weighted by atomic mass is 10.4. The van der Waals surface area contributed by atoms with E-state index in [2.05, 4.69) is 5.32 Å².